The van der Waals surface area contributed by atoms with Crippen LogP contribution in [0.1, 0.15) is 40.5 Å². The van der Waals surface area contributed by atoms with Crippen LogP contribution < -0.4 is 10.6 Å². The van der Waals surface area contributed by atoms with Crippen LogP contribution in [0.25, 0.3) is 0 Å². The number of amides is 3. The second kappa shape index (κ2) is 6.65. The van der Waals surface area contributed by atoms with E-state index in [0.717, 1.165) is 6.42 Å². The number of rotatable bonds is 6. The zero-order chi connectivity index (χ0) is 14.6. The van der Waals surface area contributed by atoms with Gasteiger partial charge in [0.25, 0.3) is 0 Å². The SMILES string of the molecule is CCNC(=O)C(C)NC1CC(=O)N(C(C)CC)C1=O. The lowest BCUT2D eigenvalue weighted by atomic mass is 10.2. The summed E-state index contributed by atoms with van der Waals surface area (Å²) >= 11 is 0. The third kappa shape index (κ3) is 3.53. The number of nitrogens with zero attached hydrogens (tertiary/aromatic N) is 1. The van der Waals surface area contributed by atoms with Crippen LogP contribution in [-0.2, 0) is 14.4 Å². The summed E-state index contributed by atoms with van der Waals surface area (Å²) in [5.41, 5.74) is 0. The summed E-state index contributed by atoms with van der Waals surface area (Å²) in [6.07, 6.45) is 0.864. The standard InChI is InChI=1S/C13H23N3O3/c1-5-8(3)16-11(17)7-10(13(16)19)15-9(4)12(18)14-6-2/h8-10,15H,5-7H2,1-4H3,(H,14,18). The summed E-state index contributed by atoms with van der Waals surface area (Å²) < 4.78 is 0. The molecular formula is C13H23N3O3. The van der Waals surface area contributed by atoms with Crippen LogP contribution >= 0.6 is 0 Å². The van der Waals surface area contributed by atoms with Gasteiger partial charge in [-0.05, 0) is 27.2 Å². The van der Waals surface area contributed by atoms with Crippen molar-refractivity contribution >= 4 is 17.7 Å². The van der Waals surface area contributed by atoms with Gasteiger partial charge in [-0.1, -0.05) is 6.92 Å². The van der Waals surface area contributed by atoms with Crippen molar-refractivity contribution in [3.8, 4) is 0 Å². The van der Waals surface area contributed by atoms with Crippen LogP contribution in [0.15, 0.2) is 0 Å². The Morgan fingerprint density at radius 3 is 2.53 bits per heavy atom. The fraction of sp³-hybridized carbons (Fsp3) is 0.769. The highest BCUT2D eigenvalue weighted by molar-refractivity contribution is 6.06. The molecule has 1 fully saturated rings. The maximum absolute atomic E-state index is 12.1. The highest BCUT2D eigenvalue weighted by Crippen LogP contribution is 2.18. The first-order chi connectivity index (χ1) is 8.92. The molecule has 108 valence electrons. The van der Waals surface area contributed by atoms with Gasteiger partial charge in [-0.2, -0.15) is 0 Å². The summed E-state index contributed by atoms with van der Waals surface area (Å²) in [5, 5.41) is 5.61. The van der Waals surface area contributed by atoms with E-state index in [9.17, 15) is 14.4 Å². The summed E-state index contributed by atoms with van der Waals surface area (Å²) in [5.74, 6) is -0.555. The Morgan fingerprint density at radius 1 is 1.37 bits per heavy atom. The Morgan fingerprint density at radius 2 is 2.00 bits per heavy atom. The highest BCUT2D eigenvalue weighted by Gasteiger charge is 2.41. The maximum Gasteiger partial charge on any atom is 0.247 e. The number of hydrogen-bond acceptors (Lipinski definition) is 4. The molecule has 3 unspecified atom stereocenters. The topological polar surface area (TPSA) is 78.5 Å². The molecule has 6 heteroatoms. The molecule has 1 heterocycles. The molecule has 0 aromatic rings. The van der Waals surface area contributed by atoms with Crippen LogP contribution in [0.4, 0.5) is 0 Å². The van der Waals surface area contributed by atoms with Gasteiger partial charge in [-0.3, -0.25) is 24.6 Å². The molecule has 19 heavy (non-hydrogen) atoms. The Labute approximate surface area is 113 Å². The number of likely N-dealkylation sites (tertiary alicyclic amines) is 1. The van der Waals surface area contributed by atoms with E-state index in [4.69, 9.17) is 0 Å². The summed E-state index contributed by atoms with van der Waals surface area (Å²) in [4.78, 5) is 36.9. The van der Waals surface area contributed by atoms with E-state index in [1.807, 2.05) is 20.8 Å². The summed E-state index contributed by atoms with van der Waals surface area (Å²) in [6, 6.07) is -1.16. The number of carbonyl (C=O) groups excluding carboxylic acids is 3. The first-order valence-electron chi connectivity index (χ1n) is 6.82. The highest BCUT2D eigenvalue weighted by atomic mass is 16.2. The molecular weight excluding hydrogens is 246 g/mol. The Kier molecular flexibility index (Phi) is 5.47. The molecule has 0 aromatic carbocycles. The number of carbonyl (C=O) groups is 3. The van der Waals surface area contributed by atoms with Crippen molar-refractivity contribution in [2.24, 2.45) is 0 Å². The van der Waals surface area contributed by atoms with E-state index in [0.29, 0.717) is 6.54 Å². The lowest BCUT2D eigenvalue weighted by Gasteiger charge is -2.22. The van der Waals surface area contributed by atoms with Gasteiger partial charge >= 0.3 is 0 Å². The zero-order valence-corrected chi connectivity index (χ0v) is 12.0. The Balaban J connectivity index is 2.64. The van der Waals surface area contributed by atoms with Crippen molar-refractivity contribution in [1.29, 1.82) is 0 Å². The summed E-state index contributed by atoms with van der Waals surface area (Å²) in [7, 11) is 0. The third-order valence-electron chi connectivity index (χ3n) is 3.41. The van der Waals surface area contributed by atoms with Gasteiger partial charge in [0.15, 0.2) is 0 Å². The van der Waals surface area contributed by atoms with Crippen LogP contribution in [0, 0.1) is 0 Å². The average Bonchev–Trinajstić information content (AvgIpc) is 2.64. The minimum absolute atomic E-state index is 0.0911. The van der Waals surface area contributed by atoms with Crippen LogP contribution in [0.3, 0.4) is 0 Å². The van der Waals surface area contributed by atoms with Gasteiger partial charge < -0.3 is 5.32 Å². The molecule has 0 aliphatic carbocycles. The molecule has 1 aliphatic heterocycles. The van der Waals surface area contributed by atoms with Crippen LogP contribution in [0.2, 0.25) is 0 Å². The lowest BCUT2D eigenvalue weighted by Crippen LogP contribution is -2.50. The number of likely N-dealkylation sites (N-methyl/N-ethyl adjacent to an activating group) is 1. The number of nitrogens with one attached hydrogen (secondary N) is 2. The lowest BCUT2D eigenvalue weighted by molar-refractivity contribution is -0.141. The van der Waals surface area contributed by atoms with Gasteiger partial charge in [0.2, 0.25) is 17.7 Å². The molecule has 3 amide bonds. The Hall–Kier alpha value is -1.43. The van der Waals surface area contributed by atoms with Crippen molar-refractivity contribution in [1.82, 2.24) is 15.5 Å². The van der Waals surface area contributed by atoms with Crippen molar-refractivity contribution in [3.63, 3.8) is 0 Å². The van der Waals surface area contributed by atoms with Crippen molar-refractivity contribution in [3.05, 3.63) is 0 Å². The molecule has 1 saturated heterocycles. The molecule has 0 aromatic heterocycles. The zero-order valence-electron chi connectivity index (χ0n) is 12.0. The summed E-state index contributed by atoms with van der Waals surface area (Å²) in [6.45, 7) is 7.85. The number of imide groups is 1. The van der Waals surface area contributed by atoms with E-state index in [1.165, 1.54) is 4.90 Å². The second-order valence-corrected chi connectivity index (χ2v) is 4.90. The van der Waals surface area contributed by atoms with Crippen molar-refractivity contribution < 1.29 is 14.4 Å². The fourth-order valence-corrected chi connectivity index (χ4v) is 2.13. The van der Waals surface area contributed by atoms with E-state index in [-0.39, 0.29) is 30.2 Å². The van der Waals surface area contributed by atoms with E-state index >= 15 is 0 Å². The van der Waals surface area contributed by atoms with E-state index < -0.39 is 12.1 Å². The molecule has 2 N–H and O–H groups in total. The molecule has 3 atom stereocenters. The normalized spacial score (nSPS) is 22.5. The average molecular weight is 269 g/mol. The fourth-order valence-electron chi connectivity index (χ4n) is 2.13. The largest absolute Gasteiger partial charge is 0.355 e. The predicted octanol–water partition coefficient (Wildman–Crippen LogP) is 0.0266. The van der Waals surface area contributed by atoms with E-state index in [1.54, 1.807) is 6.92 Å². The molecule has 0 radical (unpaired) electrons. The second-order valence-electron chi connectivity index (χ2n) is 4.90. The van der Waals surface area contributed by atoms with Gasteiger partial charge in [0, 0.05) is 12.6 Å². The monoisotopic (exact) mass is 269 g/mol. The van der Waals surface area contributed by atoms with Crippen molar-refractivity contribution in [2.75, 3.05) is 6.54 Å². The van der Waals surface area contributed by atoms with Crippen LogP contribution in [-0.4, -0.2) is 47.3 Å². The quantitative estimate of drug-likeness (QED) is 0.667. The van der Waals surface area contributed by atoms with Gasteiger partial charge in [-0.25, -0.2) is 0 Å². The van der Waals surface area contributed by atoms with Gasteiger partial charge in [0.05, 0.1) is 18.5 Å². The molecule has 1 aliphatic rings. The van der Waals surface area contributed by atoms with Crippen molar-refractivity contribution in [2.45, 2.75) is 58.7 Å². The Bertz CT molecular complexity index is 370. The molecule has 6 nitrogen and oxygen atoms in total. The predicted molar refractivity (Wildman–Crippen MR) is 71.3 cm³/mol. The van der Waals surface area contributed by atoms with Gasteiger partial charge in [-0.15, -0.1) is 0 Å². The first-order valence-corrected chi connectivity index (χ1v) is 6.82. The maximum atomic E-state index is 12.1. The third-order valence-corrected chi connectivity index (χ3v) is 3.41. The number of hydrogen-bond donors (Lipinski definition) is 2. The molecule has 1 rings (SSSR count). The minimum atomic E-state index is -0.584. The smallest absolute Gasteiger partial charge is 0.247 e. The minimum Gasteiger partial charge on any atom is -0.355 e. The van der Waals surface area contributed by atoms with Gasteiger partial charge in [0.1, 0.15) is 0 Å². The molecule has 0 spiro atoms. The molecule has 0 bridgehead atoms. The first kappa shape index (κ1) is 15.6. The molecule has 0 saturated carbocycles. The van der Waals surface area contributed by atoms with Crippen LogP contribution in [0.5, 0.6) is 0 Å². The van der Waals surface area contributed by atoms with E-state index in [2.05, 4.69) is 10.6 Å².